The Hall–Kier alpha value is -3.58. The van der Waals surface area contributed by atoms with Crippen molar-refractivity contribution in [1.82, 2.24) is 0 Å². The van der Waals surface area contributed by atoms with Gasteiger partial charge in [-0.1, -0.05) is 12.1 Å². The van der Waals surface area contributed by atoms with Gasteiger partial charge in [0.15, 0.2) is 0 Å². The number of hydrogen-bond donors (Lipinski definition) is 3. The monoisotopic (exact) mass is 527 g/mol. The molecule has 3 N–H and O–H groups in total. The fourth-order valence-corrected chi connectivity index (χ4v) is 4.64. The summed E-state index contributed by atoms with van der Waals surface area (Å²) in [5.74, 6) is -0.570. The minimum Gasteiger partial charge on any atom is -0.322 e. The molecule has 0 unspecified atom stereocenters. The quantitative estimate of drug-likeness (QED) is 0.420. The molecule has 0 aromatic heterocycles. The molecule has 0 bridgehead atoms. The second-order valence-corrected chi connectivity index (χ2v) is 11.0. The summed E-state index contributed by atoms with van der Waals surface area (Å²) in [7, 11) is -7.75. The van der Waals surface area contributed by atoms with Gasteiger partial charge in [-0.05, 0) is 67.1 Å². The zero-order valence-electron chi connectivity index (χ0n) is 18.3. The first kappa shape index (κ1) is 26.0. The molecule has 0 radical (unpaired) electrons. The zero-order chi connectivity index (χ0) is 26.0. The highest BCUT2D eigenvalue weighted by atomic mass is 32.2. The molecule has 8 nitrogen and oxygen atoms in total. The molecule has 0 saturated carbocycles. The van der Waals surface area contributed by atoms with Crippen LogP contribution in [0.2, 0.25) is 0 Å². The van der Waals surface area contributed by atoms with E-state index in [0.717, 1.165) is 18.4 Å². The minimum atomic E-state index is -4.62. The van der Waals surface area contributed by atoms with Crippen molar-refractivity contribution in [1.29, 1.82) is 0 Å². The summed E-state index contributed by atoms with van der Waals surface area (Å²) in [6.45, 7) is 1.67. The van der Waals surface area contributed by atoms with Crippen molar-refractivity contribution in [3.8, 4) is 0 Å². The number of sulfonamides is 2. The third-order valence-corrected chi connectivity index (χ3v) is 6.65. The largest absolute Gasteiger partial charge is 0.416 e. The number of rotatable bonds is 7. The van der Waals surface area contributed by atoms with E-state index in [0.29, 0.717) is 11.6 Å². The van der Waals surface area contributed by atoms with Crippen LogP contribution in [0, 0.1) is 6.92 Å². The number of anilines is 3. The van der Waals surface area contributed by atoms with Crippen LogP contribution in [0.3, 0.4) is 0 Å². The van der Waals surface area contributed by atoms with Crippen molar-refractivity contribution < 1.29 is 34.8 Å². The van der Waals surface area contributed by atoms with Gasteiger partial charge in [-0.3, -0.25) is 14.2 Å². The predicted molar refractivity (Wildman–Crippen MR) is 126 cm³/mol. The highest BCUT2D eigenvalue weighted by molar-refractivity contribution is 7.92. The van der Waals surface area contributed by atoms with Gasteiger partial charge in [-0.25, -0.2) is 16.8 Å². The molecule has 0 aliphatic rings. The predicted octanol–water partition coefficient (Wildman–Crippen LogP) is 4.44. The van der Waals surface area contributed by atoms with Gasteiger partial charge in [0.25, 0.3) is 15.9 Å². The number of halogens is 3. The SMILES string of the molecule is Cc1ccc(C(=O)Nc2ccc(S(=O)(=O)Nc3cccc(C(F)(F)F)c3)cc2)cc1NS(C)(=O)=O. The molecule has 35 heavy (non-hydrogen) atoms. The van der Waals surface area contributed by atoms with Gasteiger partial charge >= 0.3 is 6.18 Å². The number of benzene rings is 3. The van der Waals surface area contributed by atoms with E-state index < -0.39 is 37.7 Å². The zero-order valence-corrected chi connectivity index (χ0v) is 20.0. The molecule has 3 aromatic carbocycles. The van der Waals surface area contributed by atoms with E-state index in [2.05, 4.69) is 14.8 Å². The van der Waals surface area contributed by atoms with Gasteiger partial charge < -0.3 is 5.32 Å². The summed E-state index contributed by atoms with van der Waals surface area (Å²) in [5.41, 5.74) is -0.00946. The van der Waals surface area contributed by atoms with Crippen molar-refractivity contribution in [3.63, 3.8) is 0 Å². The average molecular weight is 528 g/mol. The normalized spacial score (nSPS) is 12.1. The molecule has 0 fully saturated rings. The smallest absolute Gasteiger partial charge is 0.322 e. The van der Waals surface area contributed by atoms with E-state index in [4.69, 9.17) is 0 Å². The fraction of sp³-hybridized carbons (Fsp3) is 0.136. The molecule has 1 amide bonds. The summed E-state index contributed by atoms with van der Waals surface area (Å²) in [4.78, 5) is 12.3. The number of amides is 1. The van der Waals surface area contributed by atoms with Gasteiger partial charge in [0.1, 0.15) is 0 Å². The van der Waals surface area contributed by atoms with Crippen LogP contribution in [-0.2, 0) is 26.2 Å². The average Bonchev–Trinajstić information content (AvgIpc) is 2.74. The van der Waals surface area contributed by atoms with Crippen molar-refractivity contribution >= 4 is 43.0 Å². The Balaban J connectivity index is 1.74. The fourth-order valence-electron chi connectivity index (χ4n) is 2.97. The second-order valence-electron chi connectivity index (χ2n) is 7.57. The molecule has 0 saturated heterocycles. The molecule has 186 valence electrons. The highest BCUT2D eigenvalue weighted by Crippen LogP contribution is 2.31. The Morgan fingerprint density at radius 3 is 2.09 bits per heavy atom. The van der Waals surface area contributed by atoms with Crippen LogP contribution in [0.25, 0.3) is 0 Å². The van der Waals surface area contributed by atoms with E-state index in [1.54, 1.807) is 13.0 Å². The van der Waals surface area contributed by atoms with Crippen LogP contribution >= 0.6 is 0 Å². The van der Waals surface area contributed by atoms with Crippen LogP contribution in [0.4, 0.5) is 30.2 Å². The second kappa shape index (κ2) is 9.58. The maximum absolute atomic E-state index is 12.9. The molecular formula is C22H20F3N3O5S2. The lowest BCUT2D eigenvalue weighted by Gasteiger charge is -2.12. The Kier molecular flexibility index (Phi) is 7.13. The Bertz CT molecular complexity index is 1470. The summed E-state index contributed by atoms with van der Waals surface area (Å²) in [6.07, 6.45) is -3.64. The summed E-state index contributed by atoms with van der Waals surface area (Å²) in [5, 5.41) is 2.56. The Labute approximate surface area is 200 Å². The van der Waals surface area contributed by atoms with E-state index in [-0.39, 0.29) is 27.5 Å². The number of hydrogen-bond acceptors (Lipinski definition) is 5. The first-order valence-corrected chi connectivity index (χ1v) is 13.2. The number of alkyl halides is 3. The summed E-state index contributed by atoms with van der Waals surface area (Å²) in [6, 6.07) is 13.2. The van der Waals surface area contributed by atoms with Gasteiger partial charge in [0.2, 0.25) is 10.0 Å². The third-order valence-electron chi connectivity index (χ3n) is 4.66. The molecule has 0 aliphatic carbocycles. The molecule has 3 rings (SSSR count). The number of carbonyl (C=O) groups is 1. The standard InChI is InChI=1S/C22H20F3N3O5S2/c1-14-6-7-15(12-20(14)28-34(2,30)31)21(29)26-17-8-10-19(11-9-17)35(32,33)27-18-5-3-4-16(13-18)22(23,24)25/h3-13,27-28H,1-2H3,(H,26,29). The van der Waals surface area contributed by atoms with E-state index in [1.807, 2.05) is 0 Å². The first-order chi connectivity index (χ1) is 16.1. The first-order valence-electron chi connectivity index (χ1n) is 9.84. The van der Waals surface area contributed by atoms with Gasteiger partial charge in [0.05, 0.1) is 22.4 Å². The summed E-state index contributed by atoms with van der Waals surface area (Å²) >= 11 is 0. The third kappa shape index (κ3) is 6.96. The number of aryl methyl sites for hydroxylation is 1. The lowest BCUT2D eigenvalue weighted by Crippen LogP contribution is -2.15. The Morgan fingerprint density at radius 1 is 0.829 bits per heavy atom. The van der Waals surface area contributed by atoms with Crippen LogP contribution < -0.4 is 14.8 Å². The molecule has 0 spiro atoms. The minimum absolute atomic E-state index is 0.157. The van der Waals surface area contributed by atoms with Crippen LogP contribution in [0.15, 0.2) is 71.6 Å². The molecule has 13 heteroatoms. The van der Waals surface area contributed by atoms with Crippen molar-refractivity contribution in [2.45, 2.75) is 18.0 Å². The number of carbonyl (C=O) groups excluding carboxylic acids is 1. The van der Waals surface area contributed by atoms with E-state index in [9.17, 15) is 34.8 Å². The van der Waals surface area contributed by atoms with Crippen LogP contribution in [0.1, 0.15) is 21.5 Å². The number of nitrogens with one attached hydrogen (secondary N) is 3. The maximum Gasteiger partial charge on any atom is 0.416 e. The van der Waals surface area contributed by atoms with Gasteiger partial charge in [-0.2, -0.15) is 13.2 Å². The van der Waals surface area contributed by atoms with Gasteiger partial charge in [-0.15, -0.1) is 0 Å². The van der Waals surface area contributed by atoms with Crippen molar-refractivity contribution in [2.24, 2.45) is 0 Å². The van der Waals surface area contributed by atoms with Crippen LogP contribution in [-0.4, -0.2) is 29.0 Å². The molecule has 0 heterocycles. The summed E-state index contributed by atoms with van der Waals surface area (Å²) < 4.78 is 91.1. The van der Waals surface area contributed by atoms with Gasteiger partial charge in [0, 0.05) is 16.9 Å². The lowest BCUT2D eigenvalue weighted by molar-refractivity contribution is -0.137. The van der Waals surface area contributed by atoms with E-state index in [1.165, 1.54) is 42.5 Å². The molecule has 0 aliphatic heterocycles. The maximum atomic E-state index is 12.9. The molecule has 3 aromatic rings. The van der Waals surface area contributed by atoms with E-state index >= 15 is 0 Å². The molecular weight excluding hydrogens is 507 g/mol. The topological polar surface area (TPSA) is 121 Å². The highest BCUT2D eigenvalue weighted by Gasteiger charge is 2.30. The molecule has 0 atom stereocenters. The lowest BCUT2D eigenvalue weighted by atomic mass is 10.1. The van der Waals surface area contributed by atoms with Crippen molar-refractivity contribution in [3.05, 3.63) is 83.4 Å². The Morgan fingerprint density at radius 2 is 1.49 bits per heavy atom. The van der Waals surface area contributed by atoms with Crippen molar-refractivity contribution in [2.75, 3.05) is 21.0 Å². The van der Waals surface area contributed by atoms with Crippen LogP contribution in [0.5, 0.6) is 0 Å².